The summed E-state index contributed by atoms with van der Waals surface area (Å²) in [6, 6.07) is 15.3. The van der Waals surface area contributed by atoms with Gasteiger partial charge in [0, 0.05) is 89.1 Å². The first-order valence-electron chi connectivity index (χ1n) is 21.4. The number of carbonyl (C=O) groups is 4. The lowest BCUT2D eigenvalue weighted by Crippen LogP contribution is -2.25. The summed E-state index contributed by atoms with van der Waals surface area (Å²) in [5.41, 5.74) is 11.0. The van der Waals surface area contributed by atoms with Crippen molar-refractivity contribution in [1.82, 2.24) is 25.3 Å². The van der Waals surface area contributed by atoms with E-state index in [0.717, 1.165) is 17.5 Å². The SMILES string of the molecule is CC(=O)CCCN.CC(=O)CCCNC(=O)c1cnccc1Nc1cc(-c2cc(Cl)ccc2F)ncc1C(C)C.CC(C)c1cnc(-c2cc(Cl)ccc2F)cc1Nc1ccncc1C(=O)O. The number of carboxylic acid groups (broad SMARTS) is 1. The molecule has 13 nitrogen and oxygen atoms in total. The highest BCUT2D eigenvalue weighted by Crippen LogP contribution is 2.35. The number of benzene rings is 2. The molecule has 0 unspecified atom stereocenters. The fourth-order valence-corrected chi connectivity index (χ4v) is 6.73. The number of anilines is 4. The molecule has 0 aliphatic carbocycles. The predicted molar refractivity (Wildman–Crippen MR) is 261 cm³/mol. The van der Waals surface area contributed by atoms with Gasteiger partial charge in [0.1, 0.15) is 28.8 Å². The third-order valence-corrected chi connectivity index (χ3v) is 10.4. The van der Waals surface area contributed by atoms with Crippen LogP contribution in [0.15, 0.2) is 97.8 Å². The summed E-state index contributed by atoms with van der Waals surface area (Å²) in [5, 5.41) is 19.4. The van der Waals surface area contributed by atoms with Gasteiger partial charge in [-0.3, -0.25) is 24.7 Å². The molecule has 0 aliphatic heterocycles. The molecule has 2 aromatic carbocycles. The maximum Gasteiger partial charge on any atom is 0.339 e. The molecule has 1 amide bonds. The number of rotatable bonds is 17. The van der Waals surface area contributed by atoms with E-state index in [-0.39, 0.29) is 40.4 Å². The zero-order chi connectivity index (χ0) is 49.2. The molecule has 0 aliphatic rings. The zero-order valence-electron chi connectivity index (χ0n) is 38.1. The van der Waals surface area contributed by atoms with Gasteiger partial charge >= 0.3 is 5.97 Å². The highest BCUT2D eigenvalue weighted by atomic mass is 35.5. The molecule has 4 aromatic heterocycles. The minimum atomic E-state index is -1.09. The summed E-state index contributed by atoms with van der Waals surface area (Å²) in [6.45, 7) is 12.1. The Balaban J connectivity index is 0.000000260. The van der Waals surface area contributed by atoms with E-state index in [1.165, 1.54) is 61.9 Å². The number of Topliss-reactive ketones (excluding diaryl/α,β-unsaturated/α-hetero) is 2. The number of amides is 1. The third kappa shape index (κ3) is 16.0. The predicted octanol–water partition coefficient (Wildman–Crippen LogP) is 11.7. The lowest BCUT2D eigenvalue weighted by molar-refractivity contribution is -0.117. The maximum absolute atomic E-state index is 14.4. The highest BCUT2D eigenvalue weighted by Gasteiger charge is 2.19. The molecule has 0 saturated carbocycles. The fourth-order valence-electron chi connectivity index (χ4n) is 6.38. The maximum atomic E-state index is 14.4. The molecule has 6 rings (SSSR count). The number of nitrogens with two attached hydrogens (primary N) is 1. The third-order valence-electron chi connectivity index (χ3n) is 9.90. The molecule has 6 aromatic rings. The number of hydrogen-bond donors (Lipinski definition) is 5. The largest absolute Gasteiger partial charge is 0.478 e. The van der Waals surface area contributed by atoms with Crippen LogP contribution in [0.25, 0.3) is 22.5 Å². The van der Waals surface area contributed by atoms with Gasteiger partial charge < -0.3 is 36.4 Å². The van der Waals surface area contributed by atoms with Crippen LogP contribution in [-0.4, -0.2) is 61.6 Å². The number of aromatic carboxylic acids is 1. The number of carboxylic acids is 1. The van der Waals surface area contributed by atoms with Crippen molar-refractivity contribution in [3.63, 3.8) is 0 Å². The summed E-state index contributed by atoms with van der Waals surface area (Å²) in [7, 11) is 0. The van der Waals surface area contributed by atoms with Crippen LogP contribution in [-0.2, 0) is 9.59 Å². The lowest BCUT2D eigenvalue weighted by atomic mass is 10.0. The molecule has 6 N–H and O–H groups in total. The van der Waals surface area contributed by atoms with Gasteiger partial charge in [-0.25, -0.2) is 13.6 Å². The summed E-state index contributed by atoms with van der Waals surface area (Å²) >= 11 is 12.1. The first-order chi connectivity index (χ1) is 31.9. The Morgan fingerprint density at radius 3 is 1.51 bits per heavy atom. The standard InChI is InChI=1S/C25H26ClFN4O2.C20H17ClFN3O2.C5H11NO/c1-15(2)19-14-30-23(18-11-17(26)6-7-21(18)27)12-24(19)31-22-8-10-28-13-20(22)25(33)29-9-4-5-16(3)32;1-11(2)14-10-24-18(13-7-12(21)3-4-16(13)22)8-19(14)25-17-5-6-23-9-15(17)20(26)27;1-5(7)3-2-4-6/h6-8,10-15H,4-5,9H2,1-3H3,(H,29,33)(H,28,30,31);3-11H,1-2H3,(H,26,27)(H,23,24,25);2-4,6H2,1H3. The minimum absolute atomic E-state index is 0.0412. The quantitative estimate of drug-likeness (QED) is 0.0542. The molecule has 4 heterocycles. The average molecular weight is 956 g/mol. The molecule has 0 saturated heterocycles. The Kier molecular flexibility index (Phi) is 20.4. The molecule has 0 radical (unpaired) electrons. The number of carbonyl (C=O) groups excluding carboxylic acids is 3. The fraction of sp³-hybridized carbons (Fsp3) is 0.280. The highest BCUT2D eigenvalue weighted by molar-refractivity contribution is 6.31. The second-order valence-electron chi connectivity index (χ2n) is 15.9. The van der Waals surface area contributed by atoms with E-state index in [9.17, 15) is 33.1 Å². The van der Waals surface area contributed by atoms with Crippen molar-refractivity contribution in [2.75, 3.05) is 23.7 Å². The van der Waals surface area contributed by atoms with Crippen molar-refractivity contribution >= 4 is 69.4 Å². The van der Waals surface area contributed by atoms with E-state index in [1.807, 2.05) is 27.7 Å². The van der Waals surface area contributed by atoms with Gasteiger partial charge in [0.15, 0.2) is 0 Å². The molecule has 0 bridgehead atoms. The molecular formula is C50H54Cl2F2N8O5. The van der Waals surface area contributed by atoms with Crippen LogP contribution < -0.4 is 21.7 Å². The van der Waals surface area contributed by atoms with Crippen molar-refractivity contribution in [3.8, 4) is 22.5 Å². The van der Waals surface area contributed by atoms with Gasteiger partial charge in [-0.05, 0) is 117 Å². The summed E-state index contributed by atoms with van der Waals surface area (Å²) < 4.78 is 28.7. The smallest absolute Gasteiger partial charge is 0.339 e. The summed E-state index contributed by atoms with van der Waals surface area (Å²) in [4.78, 5) is 62.2. The van der Waals surface area contributed by atoms with Gasteiger partial charge in [0.05, 0.1) is 28.3 Å². The van der Waals surface area contributed by atoms with Crippen molar-refractivity contribution < 1.29 is 33.1 Å². The molecule has 67 heavy (non-hydrogen) atoms. The number of aromatic nitrogens is 4. The molecule has 0 atom stereocenters. The van der Waals surface area contributed by atoms with Crippen LogP contribution >= 0.6 is 23.2 Å². The molecular weight excluding hydrogens is 902 g/mol. The first-order valence-corrected chi connectivity index (χ1v) is 22.2. The van der Waals surface area contributed by atoms with E-state index in [4.69, 9.17) is 28.9 Å². The number of nitrogens with one attached hydrogen (secondary N) is 3. The van der Waals surface area contributed by atoms with E-state index in [0.29, 0.717) is 87.7 Å². The number of hydrogen-bond acceptors (Lipinski definition) is 11. The van der Waals surface area contributed by atoms with Crippen LogP contribution in [0.3, 0.4) is 0 Å². The van der Waals surface area contributed by atoms with Crippen LogP contribution in [0, 0.1) is 11.6 Å². The normalized spacial score (nSPS) is 10.6. The van der Waals surface area contributed by atoms with E-state index < -0.39 is 17.6 Å². The zero-order valence-corrected chi connectivity index (χ0v) is 39.6. The topological polar surface area (TPSA) is 202 Å². The molecule has 352 valence electrons. The Labute approximate surface area is 399 Å². The Hall–Kier alpha value is -6.68. The second kappa shape index (κ2) is 25.9. The molecule has 17 heteroatoms. The first kappa shape index (κ1) is 52.9. The van der Waals surface area contributed by atoms with Gasteiger partial charge in [0.25, 0.3) is 5.91 Å². The Bertz CT molecular complexity index is 2680. The van der Waals surface area contributed by atoms with E-state index in [1.54, 1.807) is 49.8 Å². The molecule has 0 fully saturated rings. The summed E-state index contributed by atoms with van der Waals surface area (Å²) in [5.74, 6) is -1.70. The van der Waals surface area contributed by atoms with Crippen LogP contribution in [0.1, 0.15) is 111 Å². The number of nitrogens with zero attached hydrogens (tertiary/aromatic N) is 4. The van der Waals surface area contributed by atoms with Gasteiger partial charge in [-0.15, -0.1) is 0 Å². The van der Waals surface area contributed by atoms with Gasteiger partial charge in [0.2, 0.25) is 0 Å². The second-order valence-corrected chi connectivity index (χ2v) is 16.8. The summed E-state index contributed by atoms with van der Waals surface area (Å²) in [6.07, 6.45) is 11.7. The monoisotopic (exact) mass is 954 g/mol. The molecule has 0 spiro atoms. The Morgan fingerprint density at radius 2 is 1.09 bits per heavy atom. The number of pyridine rings is 4. The van der Waals surface area contributed by atoms with Crippen LogP contribution in [0.2, 0.25) is 10.0 Å². The van der Waals surface area contributed by atoms with Gasteiger partial charge in [-0.1, -0.05) is 50.9 Å². The minimum Gasteiger partial charge on any atom is -0.478 e. The van der Waals surface area contributed by atoms with Crippen molar-refractivity contribution in [3.05, 3.63) is 142 Å². The van der Waals surface area contributed by atoms with Crippen molar-refractivity contribution in [2.24, 2.45) is 5.73 Å². The lowest BCUT2D eigenvalue weighted by Gasteiger charge is -2.18. The van der Waals surface area contributed by atoms with Crippen LogP contribution in [0.4, 0.5) is 31.5 Å². The van der Waals surface area contributed by atoms with Crippen LogP contribution in [0.5, 0.6) is 0 Å². The average Bonchev–Trinajstić information content (AvgIpc) is 3.29. The van der Waals surface area contributed by atoms with E-state index >= 15 is 0 Å². The number of ketones is 2. The van der Waals surface area contributed by atoms with Crippen molar-refractivity contribution in [2.45, 2.75) is 79.1 Å². The number of halogens is 4. The van der Waals surface area contributed by atoms with Gasteiger partial charge in [-0.2, -0.15) is 0 Å². The Morgan fingerprint density at radius 1 is 0.642 bits per heavy atom. The van der Waals surface area contributed by atoms with E-state index in [2.05, 4.69) is 35.9 Å². The van der Waals surface area contributed by atoms with Crippen molar-refractivity contribution in [1.29, 1.82) is 0 Å².